The molecule has 5 rings (SSSR count). The number of unbranched alkanes of at least 4 members (excludes halogenated alkanes) is 1. The Hall–Kier alpha value is -3.61. The molecule has 2 heterocycles. The van der Waals surface area contributed by atoms with Crippen molar-refractivity contribution in [2.75, 3.05) is 52.9 Å². The molecule has 0 spiro atoms. The highest BCUT2D eigenvalue weighted by atomic mass is 19.3. The zero-order chi connectivity index (χ0) is 33.8. The Balaban J connectivity index is 1.50. The average molecular weight is 658 g/mol. The molecule has 254 valence electrons. The number of rotatable bonds is 16. The third-order valence-electron chi connectivity index (χ3n) is 8.83. The van der Waals surface area contributed by atoms with E-state index in [1.54, 1.807) is 17.9 Å². The van der Waals surface area contributed by atoms with Crippen molar-refractivity contribution in [1.82, 2.24) is 14.8 Å². The number of ether oxygens (including phenoxy) is 2. The van der Waals surface area contributed by atoms with Gasteiger partial charge < -0.3 is 19.5 Å². The monoisotopic (exact) mass is 657 g/mol. The first-order chi connectivity index (χ1) is 22.5. The van der Waals surface area contributed by atoms with Crippen LogP contribution in [0.4, 0.5) is 23.2 Å². The molecular weight excluding hydrogens is 614 g/mol. The predicted molar refractivity (Wildman–Crippen MR) is 176 cm³/mol. The van der Waals surface area contributed by atoms with E-state index in [0.29, 0.717) is 54.9 Å². The summed E-state index contributed by atoms with van der Waals surface area (Å²) in [6.07, 6.45) is 5.30. The molecule has 2 aliphatic rings. The van der Waals surface area contributed by atoms with Gasteiger partial charge in [0.15, 0.2) is 5.82 Å². The van der Waals surface area contributed by atoms with Crippen LogP contribution in [0.5, 0.6) is 5.75 Å². The van der Waals surface area contributed by atoms with Crippen LogP contribution in [0.3, 0.4) is 0 Å². The van der Waals surface area contributed by atoms with Gasteiger partial charge in [-0.25, -0.2) is 22.6 Å². The number of hydrogen-bond donors (Lipinski definition) is 1. The average Bonchev–Trinajstić information content (AvgIpc) is 3.79. The number of phenols is 1. The van der Waals surface area contributed by atoms with Gasteiger partial charge in [0, 0.05) is 36.9 Å². The van der Waals surface area contributed by atoms with Gasteiger partial charge in [-0.3, -0.25) is 14.9 Å². The highest BCUT2D eigenvalue weighted by Crippen LogP contribution is 2.48. The van der Waals surface area contributed by atoms with Crippen molar-refractivity contribution < 1.29 is 32.1 Å². The number of benzene rings is 2. The molecule has 12 heteroatoms. The topological polar surface area (TPSA) is 82.8 Å². The number of nitrogens with zero attached hydrogens (tertiary/aromatic N) is 5. The van der Waals surface area contributed by atoms with Crippen LogP contribution in [-0.4, -0.2) is 91.2 Å². The summed E-state index contributed by atoms with van der Waals surface area (Å²) in [5.41, 5.74) is 0.521. The Bertz CT molecular complexity index is 1610. The van der Waals surface area contributed by atoms with Crippen molar-refractivity contribution in [1.29, 1.82) is 0 Å². The number of alkyl halides is 2. The minimum Gasteiger partial charge on any atom is -0.508 e. The lowest BCUT2D eigenvalue weighted by Crippen LogP contribution is -2.57. The van der Waals surface area contributed by atoms with Gasteiger partial charge in [0.2, 0.25) is 0 Å². The number of aliphatic imine (C=N–C) groups is 2. The first-order valence-corrected chi connectivity index (χ1v) is 16.2. The fraction of sp³-hybridized carbons (Fsp3) is 0.514. The molecule has 0 bridgehead atoms. The molecule has 2 aromatic carbocycles. The van der Waals surface area contributed by atoms with E-state index in [-0.39, 0.29) is 60.2 Å². The van der Waals surface area contributed by atoms with Crippen LogP contribution in [0.25, 0.3) is 22.0 Å². The summed E-state index contributed by atoms with van der Waals surface area (Å²) in [6, 6.07) is 5.75. The minimum atomic E-state index is -2.61. The largest absolute Gasteiger partial charge is 0.508 e. The summed E-state index contributed by atoms with van der Waals surface area (Å²) in [6.45, 7) is 11.0. The zero-order valence-corrected chi connectivity index (χ0v) is 27.3. The molecule has 1 aliphatic heterocycles. The van der Waals surface area contributed by atoms with Gasteiger partial charge in [0.25, 0.3) is 5.92 Å². The van der Waals surface area contributed by atoms with Gasteiger partial charge in [-0.2, -0.15) is 0 Å². The molecule has 0 unspecified atom stereocenters. The Morgan fingerprint density at radius 1 is 1.13 bits per heavy atom. The van der Waals surface area contributed by atoms with Crippen molar-refractivity contribution >= 4 is 29.0 Å². The number of aryl methyl sites for hydroxylation is 1. The van der Waals surface area contributed by atoms with Crippen LogP contribution >= 0.6 is 0 Å². The summed E-state index contributed by atoms with van der Waals surface area (Å²) in [5, 5.41) is 11.5. The zero-order valence-electron chi connectivity index (χ0n) is 27.3. The molecule has 1 aliphatic carbocycles. The second-order valence-electron chi connectivity index (χ2n) is 12.5. The van der Waals surface area contributed by atoms with Gasteiger partial charge in [0.1, 0.15) is 42.2 Å². The Labute approximate surface area is 273 Å². The molecule has 2 fully saturated rings. The smallest absolute Gasteiger partial charge is 0.272 e. The fourth-order valence-electron chi connectivity index (χ4n) is 6.24. The summed E-state index contributed by atoms with van der Waals surface area (Å²) in [7, 11) is 0. The molecule has 0 amide bonds. The number of phenolic OH excluding ortho intramolecular Hbond substituents is 1. The van der Waals surface area contributed by atoms with Gasteiger partial charge in [-0.05, 0) is 73.9 Å². The van der Waals surface area contributed by atoms with Crippen LogP contribution < -0.4 is 0 Å². The van der Waals surface area contributed by atoms with E-state index < -0.39 is 17.6 Å². The molecule has 47 heavy (non-hydrogen) atoms. The summed E-state index contributed by atoms with van der Waals surface area (Å²) < 4.78 is 69.9. The first-order valence-electron chi connectivity index (χ1n) is 16.2. The standard InChI is InChI=1S/C35H43F4N5O3/c1-5-8-13-44(22-46-7-3)33(42-21-47-20-34(11-12-34)17-43-18-35(38,39)19-43)27-16-41-32(30(37)31(27)40-4)26-15-24(45)14-23-9-10-28(36)25(6-2)29(23)26/h9-10,14-16,45H,4-8,11-13,17-22H2,1-3H3/b42-33+. The van der Waals surface area contributed by atoms with Crippen LogP contribution in [-0.2, 0) is 15.9 Å². The van der Waals surface area contributed by atoms with Crippen LogP contribution in [0.2, 0.25) is 0 Å². The third kappa shape index (κ3) is 7.76. The van der Waals surface area contributed by atoms with E-state index in [1.807, 2.05) is 11.8 Å². The van der Waals surface area contributed by atoms with E-state index in [9.17, 15) is 18.3 Å². The number of aromatic hydroxyl groups is 1. The Morgan fingerprint density at radius 2 is 1.89 bits per heavy atom. The Morgan fingerprint density at radius 3 is 2.53 bits per heavy atom. The predicted octanol–water partition coefficient (Wildman–Crippen LogP) is 7.33. The number of halogens is 4. The van der Waals surface area contributed by atoms with Crippen molar-refractivity contribution in [3.63, 3.8) is 0 Å². The van der Waals surface area contributed by atoms with Gasteiger partial charge in [-0.1, -0.05) is 26.3 Å². The minimum absolute atomic E-state index is 0.0573. The normalized spacial score (nSPS) is 17.1. The Kier molecular flexibility index (Phi) is 10.8. The number of pyridine rings is 1. The quantitative estimate of drug-likeness (QED) is 0.0572. The van der Waals surface area contributed by atoms with Crippen molar-refractivity contribution in [2.24, 2.45) is 15.4 Å². The molecule has 0 radical (unpaired) electrons. The second-order valence-corrected chi connectivity index (χ2v) is 12.5. The molecular formula is C35H43F4N5O3. The number of aromatic nitrogens is 1. The van der Waals surface area contributed by atoms with Crippen LogP contribution in [0.1, 0.15) is 57.6 Å². The molecule has 1 saturated carbocycles. The van der Waals surface area contributed by atoms with E-state index >= 15 is 4.39 Å². The van der Waals surface area contributed by atoms with Crippen LogP contribution in [0.15, 0.2) is 40.4 Å². The van der Waals surface area contributed by atoms with Gasteiger partial charge >= 0.3 is 0 Å². The van der Waals surface area contributed by atoms with Crippen LogP contribution in [0, 0.1) is 17.0 Å². The molecule has 1 N–H and O–H groups in total. The van der Waals surface area contributed by atoms with E-state index in [2.05, 4.69) is 23.6 Å². The fourth-order valence-corrected chi connectivity index (χ4v) is 6.24. The summed E-state index contributed by atoms with van der Waals surface area (Å²) >= 11 is 0. The lowest BCUT2D eigenvalue weighted by molar-refractivity contribution is -0.138. The SMILES string of the molecule is C=Nc1c(/C(=N\COCC2(CN3CC(F)(F)C3)CC2)N(CCCC)COCC)cnc(-c2cc(O)cc3ccc(F)c(CC)c23)c1F. The van der Waals surface area contributed by atoms with Crippen molar-refractivity contribution in [3.05, 3.63) is 53.2 Å². The highest BCUT2D eigenvalue weighted by molar-refractivity contribution is 6.05. The van der Waals surface area contributed by atoms with Gasteiger partial charge in [-0.15, -0.1) is 0 Å². The maximum absolute atomic E-state index is 16.5. The summed E-state index contributed by atoms with van der Waals surface area (Å²) in [5.74, 6) is -3.59. The number of fused-ring (bicyclic) bond motifs is 1. The third-order valence-corrected chi connectivity index (χ3v) is 8.83. The number of amidine groups is 1. The van der Waals surface area contributed by atoms with Crippen molar-refractivity contribution in [3.8, 4) is 17.0 Å². The molecule has 1 saturated heterocycles. The molecule has 3 aromatic rings. The number of likely N-dealkylation sites (tertiary alicyclic amines) is 1. The second kappa shape index (κ2) is 14.7. The first kappa shape index (κ1) is 34.7. The van der Waals surface area contributed by atoms with E-state index in [4.69, 9.17) is 14.5 Å². The maximum atomic E-state index is 16.5. The highest BCUT2D eigenvalue weighted by Gasteiger charge is 2.51. The number of hydrogen-bond acceptors (Lipinski definition) is 7. The molecule has 1 aromatic heterocycles. The van der Waals surface area contributed by atoms with E-state index in [1.165, 1.54) is 24.4 Å². The van der Waals surface area contributed by atoms with Gasteiger partial charge in [0.05, 0.1) is 25.3 Å². The maximum Gasteiger partial charge on any atom is 0.272 e. The van der Waals surface area contributed by atoms with E-state index in [0.717, 1.165) is 25.7 Å². The summed E-state index contributed by atoms with van der Waals surface area (Å²) in [4.78, 5) is 16.9. The van der Waals surface area contributed by atoms with Crippen molar-refractivity contribution in [2.45, 2.75) is 58.8 Å². The molecule has 0 atom stereocenters. The lowest BCUT2D eigenvalue weighted by atomic mass is 9.94. The molecule has 8 nitrogen and oxygen atoms in total. The lowest BCUT2D eigenvalue weighted by Gasteiger charge is -2.40.